The summed E-state index contributed by atoms with van der Waals surface area (Å²) in [5, 5.41) is 5.78. The van der Waals surface area contributed by atoms with Crippen LogP contribution in [0.15, 0.2) is 85.2 Å². The van der Waals surface area contributed by atoms with Crippen LogP contribution in [-0.2, 0) is 21.7 Å². The van der Waals surface area contributed by atoms with E-state index in [9.17, 15) is 4.79 Å². The number of hydrogen-bond acceptors (Lipinski definition) is 5. The van der Waals surface area contributed by atoms with Crippen molar-refractivity contribution in [1.29, 1.82) is 0 Å². The van der Waals surface area contributed by atoms with Gasteiger partial charge in [0.2, 0.25) is 0 Å². The number of rotatable bonds is 9. The Labute approximate surface area is 221 Å². The van der Waals surface area contributed by atoms with Crippen LogP contribution in [0, 0.1) is 0 Å². The van der Waals surface area contributed by atoms with Gasteiger partial charge < -0.3 is 4.84 Å². The van der Waals surface area contributed by atoms with E-state index >= 15 is 0 Å². The minimum atomic E-state index is -1.15. The summed E-state index contributed by atoms with van der Waals surface area (Å²) in [6, 6.07) is 24.6. The maximum atomic E-state index is 14.6. The molecule has 37 heavy (non-hydrogen) atoms. The molecule has 0 atom stereocenters. The molecule has 2 aromatic carbocycles. The predicted octanol–water partition coefficient (Wildman–Crippen LogP) is 6.54. The highest BCUT2D eigenvalue weighted by Gasteiger charge is 2.46. The number of aromatic nitrogens is 1. The molecule has 2 aliphatic rings. The molecule has 5 rings (SSSR count). The summed E-state index contributed by atoms with van der Waals surface area (Å²) in [5.74, 6) is -0.259. The highest BCUT2D eigenvalue weighted by Crippen LogP contribution is 2.36. The first kappa shape index (κ1) is 25.6. The number of nitrogens with zero attached hydrogens (tertiary/aromatic N) is 2. The molecule has 3 aromatic rings. The topological polar surface area (TPSA) is 54.5 Å². The van der Waals surface area contributed by atoms with Crippen LogP contribution >= 0.6 is 0 Å². The minimum absolute atomic E-state index is 0.259. The molecule has 1 aromatic heterocycles. The van der Waals surface area contributed by atoms with Crippen LogP contribution in [0.5, 0.6) is 0 Å². The summed E-state index contributed by atoms with van der Waals surface area (Å²) in [4.78, 5) is 25.5. The van der Waals surface area contributed by atoms with Crippen LogP contribution in [0.2, 0.25) is 0 Å². The molecule has 2 aliphatic carbocycles. The maximum absolute atomic E-state index is 14.6. The first-order chi connectivity index (χ1) is 18.3. The smallest absolute Gasteiger partial charge is 0.354 e. The van der Waals surface area contributed by atoms with Crippen LogP contribution in [0.1, 0.15) is 80.9 Å². The molecule has 0 spiro atoms. The fraction of sp³-hybridized carbons (Fsp3) is 0.438. The molecule has 5 heteroatoms. The van der Waals surface area contributed by atoms with Crippen molar-refractivity contribution < 1.29 is 9.63 Å². The number of hydrogen-bond donors (Lipinski definition) is 1. The van der Waals surface area contributed by atoms with Gasteiger partial charge in [0.15, 0.2) is 5.54 Å². The van der Waals surface area contributed by atoms with Gasteiger partial charge in [0.1, 0.15) is 0 Å². The summed E-state index contributed by atoms with van der Waals surface area (Å²) < 4.78 is 0. The molecule has 194 valence electrons. The molecule has 0 unspecified atom stereocenters. The normalized spacial score (nSPS) is 17.5. The lowest BCUT2D eigenvalue weighted by Gasteiger charge is -2.42. The van der Waals surface area contributed by atoms with Crippen molar-refractivity contribution in [2.45, 2.75) is 88.4 Å². The molecular weight excluding hydrogens is 458 g/mol. The van der Waals surface area contributed by atoms with Crippen molar-refractivity contribution >= 4 is 5.97 Å². The fourth-order valence-electron chi connectivity index (χ4n) is 6.07. The van der Waals surface area contributed by atoms with Crippen molar-refractivity contribution in [3.05, 3.63) is 102 Å². The molecule has 0 radical (unpaired) electrons. The van der Waals surface area contributed by atoms with E-state index in [0.29, 0.717) is 18.6 Å². The highest BCUT2D eigenvalue weighted by atomic mass is 16.7. The molecule has 1 N–H and O–H groups in total. The van der Waals surface area contributed by atoms with Crippen molar-refractivity contribution in [3.8, 4) is 0 Å². The van der Waals surface area contributed by atoms with Crippen molar-refractivity contribution in [2.75, 3.05) is 0 Å². The van der Waals surface area contributed by atoms with E-state index in [1.165, 1.54) is 38.5 Å². The lowest BCUT2D eigenvalue weighted by Crippen LogP contribution is -2.55. The van der Waals surface area contributed by atoms with Crippen LogP contribution in [0.4, 0.5) is 0 Å². The molecule has 0 saturated heterocycles. The maximum Gasteiger partial charge on any atom is 0.354 e. The van der Waals surface area contributed by atoms with Gasteiger partial charge in [0.05, 0.1) is 0 Å². The number of carbonyl (C=O) groups is 1. The summed E-state index contributed by atoms with van der Waals surface area (Å²) >= 11 is 0. The van der Waals surface area contributed by atoms with Gasteiger partial charge in [0, 0.05) is 31.0 Å². The summed E-state index contributed by atoms with van der Waals surface area (Å²) in [6.07, 6.45) is 15.3. The number of carbonyl (C=O) groups excluding carboxylic acids is 1. The molecule has 2 fully saturated rings. The zero-order chi connectivity index (χ0) is 25.3. The predicted molar refractivity (Wildman–Crippen MR) is 146 cm³/mol. The Hall–Kier alpha value is -3.02. The van der Waals surface area contributed by atoms with Crippen molar-refractivity contribution in [3.63, 3.8) is 0 Å². The number of hydroxylamine groups is 2. The quantitative estimate of drug-likeness (QED) is 0.340. The SMILES string of the molecule is O=C(ON(C1CCCCC1)C1CCCCC1)C(NCc1cccnc1)(c1ccccc1)c1ccccc1. The molecule has 0 amide bonds. The number of nitrogens with one attached hydrogen (secondary N) is 1. The van der Waals surface area contributed by atoms with Crippen molar-refractivity contribution in [1.82, 2.24) is 15.4 Å². The van der Waals surface area contributed by atoms with Gasteiger partial charge >= 0.3 is 5.97 Å². The van der Waals surface area contributed by atoms with Gasteiger partial charge in [-0.15, -0.1) is 5.06 Å². The van der Waals surface area contributed by atoms with E-state index in [2.05, 4.69) is 15.4 Å². The van der Waals surface area contributed by atoms with E-state index in [1.54, 1.807) is 6.20 Å². The third-order valence-corrected chi connectivity index (χ3v) is 8.06. The standard InChI is InChI=1S/C32H39N3O2/c36-31(37-35(29-19-9-3-10-20-29)30-21-11-4-12-22-30)32(27-15-5-1-6-16-27,28-17-7-2-8-18-28)34-25-26-14-13-23-33-24-26/h1-2,5-8,13-18,23-24,29-30,34H,3-4,9-12,19-22,25H2. The first-order valence-electron chi connectivity index (χ1n) is 14.0. The van der Waals surface area contributed by atoms with Crippen LogP contribution in [-0.4, -0.2) is 28.1 Å². The molecule has 0 aliphatic heterocycles. The molecule has 1 heterocycles. The molecule has 0 bridgehead atoms. The summed E-state index contributed by atoms with van der Waals surface area (Å²) in [5.41, 5.74) is 1.62. The number of pyridine rings is 1. The average Bonchev–Trinajstić information content (AvgIpc) is 2.99. The van der Waals surface area contributed by atoms with E-state index in [1.807, 2.05) is 79.0 Å². The number of benzene rings is 2. The second kappa shape index (κ2) is 12.5. The summed E-state index contributed by atoms with van der Waals surface area (Å²) in [7, 11) is 0. The molecule has 5 nitrogen and oxygen atoms in total. The van der Waals surface area contributed by atoms with Crippen LogP contribution < -0.4 is 5.32 Å². The molecular formula is C32H39N3O2. The fourth-order valence-corrected chi connectivity index (χ4v) is 6.07. The monoisotopic (exact) mass is 497 g/mol. The van der Waals surface area contributed by atoms with Gasteiger partial charge in [-0.2, -0.15) is 0 Å². The lowest BCUT2D eigenvalue weighted by molar-refractivity contribution is -0.228. The lowest BCUT2D eigenvalue weighted by atomic mass is 9.82. The molecule has 2 saturated carbocycles. The Morgan fingerprint density at radius 1 is 0.784 bits per heavy atom. The Kier molecular flexibility index (Phi) is 8.64. The highest BCUT2D eigenvalue weighted by molar-refractivity contribution is 5.87. The Balaban J connectivity index is 1.54. The minimum Gasteiger partial charge on any atom is -0.365 e. The van der Waals surface area contributed by atoms with Crippen LogP contribution in [0.3, 0.4) is 0 Å². The third-order valence-electron chi connectivity index (χ3n) is 8.06. The largest absolute Gasteiger partial charge is 0.365 e. The van der Waals surface area contributed by atoms with E-state index in [-0.39, 0.29) is 5.97 Å². The second-order valence-corrected chi connectivity index (χ2v) is 10.5. The van der Waals surface area contributed by atoms with Gasteiger partial charge in [-0.3, -0.25) is 10.3 Å². The van der Waals surface area contributed by atoms with E-state index in [4.69, 9.17) is 4.84 Å². The second-order valence-electron chi connectivity index (χ2n) is 10.5. The van der Waals surface area contributed by atoms with Gasteiger partial charge in [-0.25, -0.2) is 4.79 Å². The summed E-state index contributed by atoms with van der Waals surface area (Å²) in [6.45, 7) is 0.486. The van der Waals surface area contributed by atoms with Gasteiger partial charge in [-0.1, -0.05) is 105 Å². The zero-order valence-corrected chi connectivity index (χ0v) is 21.7. The van der Waals surface area contributed by atoms with Crippen LogP contribution in [0.25, 0.3) is 0 Å². The Bertz CT molecular complexity index is 1040. The first-order valence-corrected chi connectivity index (χ1v) is 14.0. The van der Waals surface area contributed by atoms with Crippen molar-refractivity contribution in [2.24, 2.45) is 0 Å². The zero-order valence-electron chi connectivity index (χ0n) is 21.7. The van der Waals surface area contributed by atoms with Gasteiger partial charge in [-0.05, 0) is 48.4 Å². The average molecular weight is 498 g/mol. The third kappa shape index (κ3) is 5.94. The van der Waals surface area contributed by atoms with Gasteiger partial charge in [0.25, 0.3) is 0 Å². The Morgan fingerprint density at radius 3 is 1.81 bits per heavy atom. The Morgan fingerprint density at radius 2 is 1.32 bits per heavy atom. The van der Waals surface area contributed by atoms with E-state index < -0.39 is 5.54 Å². The van der Waals surface area contributed by atoms with E-state index in [0.717, 1.165) is 42.4 Å².